The summed E-state index contributed by atoms with van der Waals surface area (Å²) in [4.78, 5) is 25.5. The van der Waals surface area contributed by atoms with E-state index in [9.17, 15) is 9.59 Å². The Morgan fingerprint density at radius 1 is 1.22 bits per heavy atom. The first kappa shape index (κ1) is 13.4. The highest BCUT2D eigenvalue weighted by Gasteiger charge is 2.64. The summed E-state index contributed by atoms with van der Waals surface area (Å²) in [5, 5.41) is 2.73. The lowest BCUT2D eigenvalue weighted by molar-refractivity contribution is -0.133. The van der Waals surface area contributed by atoms with Crippen LogP contribution in [0.15, 0.2) is 0 Å². The Balaban J connectivity index is 2.06. The van der Waals surface area contributed by atoms with E-state index in [0.717, 1.165) is 6.54 Å². The fourth-order valence-corrected chi connectivity index (χ4v) is 3.19. The van der Waals surface area contributed by atoms with Gasteiger partial charge < -0.3 is 10.2 Å². The van der Waals surface area contributed by atoms with Crippen LogP contribution in [-0.4, -0.2) is 35.8 Å². The van der Waals surface area contributed by atoms with Crippen LogP contribution >= 0.6 is 0 Å². The summed E-state index contributed by atoms with van der Waals surface area (Å²) >= 11 is 0. The van der Waals surface area contributed by atoms with Crippen molar-refractivity contribution in [2.75, 3.05) is 13.1 Å². The Morgan fingerprint density at radius 3 is 2.28 bits per heavy atom. The molecule has 2 fully saturated rings. The van der Waals surface area contributed by atoms with Crippen LogP contribution in [0.2, 0.25) is 0 Å². The number of nitrogens with zero attached hydrogens (tertiary/aromatic N) is 1. The first-order chi connectivity index (χ1) is 8.18. The van der Waals surface area contributed by atoms with E-state index in [2.05, 4.69) is 33.0 Å². The van der Waals surface area contributed by atoms with E-state index >= 15 is 0 Å². The Labute approximate surface area is 109 Å². The number of rotatable bonds is 2. The molecular formula is C14H24N2O2. The van der Waals surface area contributed by atoms with Gasteiger partial charge in [-0.2, -0.15) is 0 Å². The molecule has 1 unspecified atom stereocenters. The lowest BCUT2D eigenvalue weighted by Crippen LogP contribution is -2.43. The summed E-state index contributed by atoms with van der Waals surface area (Å²) in [6.07, 6.45) is 0.420. The Kier molecular flexibility index (Phi) is 2.95. The third-order valence-electron chi connectivity index (χ3n) is 5.39. The molecule has 2 amide bonds. The third-order valence-corrected chi connectivity index (χ3v) is 5.39. The fourth-order valence-electron chi connectivity index (χ4n) is 3.19. The van der Waals surface area contributed by atoms with Crippen molar-refractivity contribution in [1.29, 1.82) is 0 Å². The first-order valence-corrected chi connectivity index (χ1v) is 6.76. The van der Waals surface area contributed by atoms with Crippen molar-refractivity contribution in [3.05, 3.63) is 0 Å². The van der Waals surface area contributed by atoms with Crippen LogP contribution < -0.4 is 5.32 Å². The molecule has 102 valence electrons. The minimum absolute atomic E-state index is 0.0207. The fraction of sp³-hybridized carbons (Fsp3) is 0.857. The van der Waals surface area contributed by atoms with Crippen LogP contribution in [0.4, 0.5) is 0 Å². The number of carbonyl (C=O) groups excluding carboxylic acids is 2. The van der Waals surface area contributed by atoms with Crippen LogP contribution in [0.5, 0.6) is 0 Å². The maximum Gasteiger partial charge on any atom is 0.244 e. The monoisotopic (exact) mass is 252 g/mol. The second-order valence-corrected chi connectivity index (χ2v) is 6.82. The summed E-state index contributed by atoms with van der Waals surface area (Å²) < 4.78 is 0. The molecule has 1 heterocycles. The Hall–Kier alpha value is -1.06. The van der Waals surface area contributed by atoms with Crippen molar-refractivity contribution >= 4 is 11.8 Å². The van der Waals surface area contributed by atoms with E-state index < -0.39 is 0 Å². The smallest absolute Gasteiger partial charge is 0.244 e. The number of amides is 2. The highest BCUT2D eigenvalue weighted by Crippen LogP contribution is 2.68. The minimum atomic E-state index is -0.384. The van der Waals surface area contributed by atoms with Crippen LogP contribution in [0.3, 0.4) is 0 Å². The maximum atomic E-state index is 12.2. The van der Waals surface area contributed by atoms with Gasteiger partial charge in [-0.05, 0) is 23.7 Å². The van der Waals surface area contributed by atoms with Crippen molar-refractivity contribution in [2.24, 2.45) is 16.7 Å². The summed E-state index contributed by atoms with van der Waals surface area (Å²) in [7, 11) is 0. The van der Waals surface area contributed by atoms with E-state index in [4.69, 9.17) is 0 Å². The standard InChI is InChI=1S/C14H24N2O2/c1-9-12(18)16(7-6-11(17)15-9)8-10-13(2,3)14(10,4)5/h9-10H,6-8H2,1-5H3,(H,15,17). The molecule has 1 aliphatic heterocycles. The zero-order chi connectivity index (χ0) is 13.7. The second-order valence-electron chi connectivity index (χ2n) is 6.82. The van der Waals surface area contributed by atoms with Crippen molar-refractivity contribution in [1.82, 2.24) is 10.2 Å². The molecule has 1 saturated heterocycles. The molecule has 1 aliphatic carbocycles. The van der Waals surface area contributed by atoms with E-state index in [1.807, 2.05) is 4.90 Å². The largest absolute Gasteiger partial charge is 0.345 e. The molecule has 0 bridgehead atoms. The molecule has 0 aromatic rings. The molecule has 0 aromatic heterocycles. The molecule has 4 heteroatoms. The molecule has 0 radical (unpaired) electrons. The number of nitrogens with one attached hydrogen (secondary N) is 1. The van der Waals surface area contributed by atoms with Crippen molar-refractivity contribution < 1.29 is 9.59 Å². The van der Waals surface area contributed by atoms with Gasteiger partial charge in [0, 0.05) is 19.5 Å². The topological polar surface area (TPSA) is 49.4 Å². The normalized spacial score (nSPS) is 30.9. The lowest BCUT2D eigenvalue weighted by Gasteiger charge is -2.23. The minimum Gasteiger partial charge on any atom is -0.345 e. The average molecular weight is 252 g/mol. The quantitative estimate of drug-likeness (QED) is 0.807. The first-order valence-electron chi connectivity index (χ1n) is 6.76. The Bertz CT molecular complexity index is 373. The molecule has 2 aliphatic rings. The van der Waals surface area contributed by atoms with Gasteiger partial charge in [-0.15, -0.1) is 0 Å². The van der Waals surface area contributed by atoms with Gasteiger partial charge >= 0.3 is 0 Å². The molecule has 18 heavy (non-hydrogen) atoms. The molecule has 0 aromatic carbocycles. The SMILES string of the molecule is CC1NC(=O)CCN(CC2C(C)(C)C2(C)C)C1=O. The second kappa shape index (κ2) is 3.97. The van der Waals surface area contributed by atoms with Gasteiger partial charge in [0.1, 0.15) is 6.04 Å². The average Bonchev–Trinajstić information content (AvgIpc) is 2.68. The van der Waals surface area contributed by atoms with Gasteiger partial charge in [-0.1, -0.05) is 27.7 Å². The Morgan fingerprint density at radius 2 is 1.78 bits per heavy atom. The predicted octanol–water partition coefficient (Wildman–Crippen LogP) is 1.41. The van der Waals surface area contributed by atoms with Crippen LogP contribution in [-0.2, 0) is 9.59 Å². The van der Waals surface area contributed by atoms with Gasteiger partial charge in [0.15, 0.2) is 0 Å². The maximum absolute atomic E-state index is 12.2. The summed E-state index contributed by atoms with van der Waals surface area (Å²) in [5.41, 5.74) is 0.556. The number of hydrogen-bond donors (Lipinski definition) is 1. The van der Waals surface area contributed by atoms with Crippen molar-refractivity contribution in [2.45, 2.75) is 47.1 Å². The van der Waals surface area contributed by atoms with E-state index in [0.29, 0.717) is 18.9 Å². The molecule has 1 N–H and O–H groups in total. The highest BCUT2D eigenvalue weighted by atomic mass is 16.2. The highest BCUT2D eigenvalue weighted by molar-refractivity contribution is 5.89. The molecule has 4 nitrogen and oxygen atoms in total. The van der Waals surface area contributed by atoms with Gasteiger partial charge in [0.05, 0.1) is 0 Å². The number of hydrogen-bond acceptors (Lipinski definition) is 2. The van der Waals surface area contributed by atoms with Crippen LogP contribution in [0.1, 0.15) is 41.0 Å². The van der Waals surface area contributed by atoms with E-state index in [-0.39, 0.29) is 28.7 Å². The number of carbonyl (C=O) groups is 2. The molecule has 2 rings (SSSR count). The van der Waals surface area contributed by atoms with Crippen molar-refractivity contribution in [3.8, 4) is 0 Å². The summed E-state index contributed by atoms with van der Waals surface area (Å²) in [6.45, 7) is 12.1. The van der Waals surface area contributed by atoms with E-state index in [1.54, 1.807) is 6.92 Å². The summed E-state index contributed by atoms with van der Waals surface area (Å²) in [5.74, 6) is 0.557. The predicted molar refractivity (Wildman–Crippen MR) is 69.9 cm³/mol. The van der Waals surface area contributed by atoms with Crippen LogP contribution in [0.25, 0.3) is 0 Å². The van der Waals surface area contributed by atoms with E-state index in [1.165, 1.54) is 0 Å². The zero-order valence-corrected chi connectivity index (χ0v) is 12.0. The van der Waals surface area contributed by atoms with Gasteiger partial charge in [0.2, 0.25) is 11.8 Å². The summed E-state index contributed by atoms with van der Waals surface area (Å²) in [6, 6.07) is -0.384. The zero-order valence-electron chi connectivity index (χ0n) is 12.0. The molecule has 0 spiro atoms. The van der Waals surface area contributed by atoms with Gasteiger partial charge in [-0.25, -0.2) is 0 Å². The van der Waals surface area contributed by atoms with Gasteiger partial charge in [-0.3, -0.25) is 9.59 Å². The van der Waals surface area contributed by atoms with Crippen LogP contribution in [0, 0.1) is 16.7 Å². The van der Waals surface area contributed by atoms with Crippen molar-refractivity contribution in [3.63, 3.8) is 0 Å². The molecular weight excluding hydrogens is 228 g/mol. The van der Waals surface area contributed by atoms with Gasteiger partial charge in [0.25, 0.3) is 0 Å². The third kappa shape index (κ3) is 1.91. The molecule has 1 saturated carbocycles. The molecule has 1 atom stereocenters. The lowest BCUT2D eigenvalue weighted by atomic mass is 10.0.